The summed E-state index contributed by atoms with van der Waals surface area (Å²) in [5.41, 5.74) is 1.31. The highest BCUT2D eigenvalue weighted by Crippen LogP contribution is 2.31. The SMILES string of the molecule is CCC(C)(C)CC(C)(C)NC(C)CC(=O)OCc1ccccc1. The molecular weight excluding hydrogens is 286 g/mol. The number of benzene rings is 1. The van der Waals surface area contributed by atoms with Crippen LogP contribution in [-0.2, 0) is 16.1 Å². The predicted octanol–water partition coefficient (Wildman–Crippen LogP) is 4.70. The topological polar surface area (TPSA) is 38.3 Å². The lowest BCUT2D eigenvalue weighted by Gasteiger charge is -2.37. The molecule has 0 aliphatic rings. The average molecular weight is 319 g/mol. The van der Waals surface area contributed by atoms with Gasteiger partial charge >= 0.3 is 5.97 Å². The summed E-state index contributed by atoms with van der Waals surface area (Å²) in [6.07, 6.45) is 2.61. The number of carbonyl (C=O) groups excluding carboxylic acids is 1. The summed E-state index contributed by atoms with van der Waals surface area (Å²) in [4.78, 5) is 12.0. The van der Waals surface area contributed by atoms with Crippen LogP contribution in [0.2, 0.25) is 0 Å². The number of rotatable bonds is 9. The van der Waals surface area contributed by atoms with Gasteiger partial charge in [-0.05, 0) is 38.2 Å². The third-order valence-corrected chi connectivity index (χ3v) is 4.23. The monoisotopic (exact) mass is 319 g/mol. The van der Waals surface area contributed by atoms with E-state index in [9.17, 15) is 4.79 Å². The van der Waals surface area contributed by atoms with Crippen molar-refractivity contribution in [1.82, 2.24) is 5.32 Å². The van der Waals surface area contributed by atoms with Crippen molar-refractivity contribution >= 4 is 5.97 Å². The smallest absolute Gasteiger partial charge is 0.307 e. The lowest BCUT2D eigenvalue weighted by Crippen LogP contribution is -2.48. The largest absolute Gasteiger partial charge is 0.461 e. The molecule has 0 spiro atoms. The van der Waals surface area contributed by atoms with Gasteiger partial charge in [-0.2, -0.15) is 0 Å². The minimum Gasteiger partial charge on any atom is -0.461 e. The van der Waals surface area contributed by atoms with Gasteiger partial charge in [0, 0.05) is 11.6 Å². The molecule has 23 heavy (non-hydrogen) atoms. The molecule has 0 heterocycles. The van der Waals surface area contributed by atoms with Crippen LogP contribution in [-0.4, -0.2) is 17.6 Å². The third kappa shape index (κ3) is 8.17. The van der Waals surface area contributed by atoms with Crippen molar-refractivity contribution in [2.24, 2.45) is 5.41 Å². The number of esters is 1. The Morgan fingerprint density at radius 2 is 1.78 bits per heavy atom. The fourth-order valence-electron chi connectivity index (χ4n) is 3.14. The molecule has 0 radical (unpaired) electrons. The number of nitrogens with one attached hydrogen (secondary N) is 1. The van der Waals surface area contributed by atoms with Crippen molar-refractivity contribution in [2.45, 2.75) is 79.0 Å². The number of hydrogen-bond acceptors (Lipinski definition) is 3. The van der Waals surface area contributed by atoms with Crippen LogP contribution in [0.4, 0.5) is 0 Å². The molecule has 130 valence electrons. The first-order valence-corrected chi connectivity index (χ1v) is 8.61. The Balaban J connectivity index is 2.40. The second-order valence-corrected chi connectivity index (χ2v) is 7.97. The van der Waals surface area contributed by atoms with Gasteiger partial charge in [0.2, 0.25) is 0 Å². The van der Waals surface area contributed by atoms with E-state index >= 15 is 0 Å². The fourth-order valence-corrected chi connectivity index (χ4v) is 3.14. The molecule has 0 aliphatic heterocycles. The number of carbonyl (C=O) groups is 1. The molecule has 3 heteroatoms. The van der Waals surface area contributed by atoms with Gasteiger partial charge in [0.15, 0.2) is 0 Å². The Morgan fingerprint density at radius 1 is 1.17 bits per heavy atom. The molecule has 0 saturated carbocycles. The van der Waals surface area contributed by atoms with Crippen LogP contribution in [0, 0.1) is 5.41 Å². The minimum atomic E-state index is -0.153. The highest BCUT2D eigenvalue weighted by Gasteiger charge is 2.29. The standard InChI is InChI=1S/C20H33NO2/c1-7-19(3,4)15-20(5,6)21-16(2)13-18(22)23-14-17-11-9-8-10-12-17/h8-12,16,21H,7,13-15H2,1-6H3. The third-order valence-electron chi connectivity index (χ3n) is 4.23. The maximum atomic E-state index is 12.0. The summed E-state index contributed by atoms with van der Waals surface area (Å²) in [7, 11) is 0. The molecule has 0 bridgehead atoms. The molecule has 0 amide bonds. The van der Waals surface area contributed by atoms with Crippen molar-refractivity contribution < 1.29 is 9.53 Å². The summed E-state index contributed by atoms with van der Waals surface area (Å²) in [5.74, 6) is -0.153. The molecule has 1 aromatic carbocycles. The number of ether oxygens (including phenoxy) is 1. The Kier molecular flexibility index (Phi) is 7.27. The highest BCUT2D eigenvalue weighted by atomic mass is 16.5. The zero-order valence-electron chi connectivity index (χ0n) is 15.6. The van der Waals surface area contributed by atoms with Crippen LogP contribution >= 0.6 is 0 Å². The van der Waals surface area contributed by atoms with Gasteiger partial charge < -0.3 is 10.1 Å². The first-order valence-electron chi connectivity index (χ1n) is 8.61. The van der Waals surface area contributed by atoms with Gasteiger partial charge in [-0.1, -0.05) is 57.5 Å². The molecule has 1 rings (SSSR count). The highest BCUT2D eigenvalue weighted by molar-refractivity contribution is 5.70. The fraction of sp³-hybridized carbons (Fsp3) is 0.650. The van der Waals surface area contributed by atoms with Crippen molar-refractivity contribution in [1.29, 1.82) is 0 Å². The van der Waals surface area contributed by atoms with Crippen LogP contribution < -0.4 is 5.32 Å². The summed E-state index contributed by atoms with van der Waals surface area (Å²) >= 11 is 0. The first kappa shape index (κ1) is 19.7. The minimum absolute atomic E-state index is 0.00135. The summed E-state index contributed by atoms with van der Waals surface area (Å²) < 4.78 is 5.36. The summed E-state index contributed by atoms with van der Waals surface area (Å²) in [5, 5.41) is 3.57. The number of hydrogen-bond donors (Lipinski definition) is 1. The van der Waals surface area contributed by atoms with Crippen molar-refractivity contribution in [3.63, 3.8) is 0 Å². The Morgan fingerprint density at radius 3 is 2.35 bits per heavy atom. The molecule has 3 nitrogen and oxygen atoms in total. The Bertz CT molecular complexity index is 480. The molecule has 1 unspecified atom stereocenters. The summed E-state index contributed by atoms with van der Waals surface area (Å²) in [6, 6.07) is 9.88. The molecule has 1 aromatic rings. The first-order chi connectivity index (χ1) is 10.6. The normalized spacial score (nSPS) is 13.7. The van der Waals surface area contributed by atoms with E-state index in [1.165, 1.54) is 0 Å². The predicted molar refractivity (Wildman–Crippen MR) is 96.2 cm³/mol. The Hall–Kier alpha value is -1.35. The van der Waals surface area contributed by atoms with Crippen LogP contribution in [0.15, 0.2) is 30.3 Å². The van der Waals surface area contributed by atoms with Crippen molar-refractivity contribution in [2.75, 3.05) is 0 Å². The van der Waals surface area contributed by atoms with E-state index in [-0.39, 0.29) is 17.6 Å². The molecule has 0 aromatic heterocycles. The van der Waals surface area contributed by atoms with E-state index in [0.717, 1.165) is 18.4 Å². The van der Waals surface area contributed by atoms with E-state index < -0.39 is 0 Å². The quantitative estimate of drug-likeness (QED) is 0.670. The molecule has 1 N–H and O–H groups in total. The maximum absolute atomic E-state index is 12.0. The van der Waals surface area contributed by atoms with E-state index in [4.69, 9.17) is 4.74 Å². The van der Waals surface area contributed by atoms with Crippen molar-refractivity contribution in [3.8, 4) is 0 Å². The molecular formula is C20H33NO2. The van der Waals surface area contributed by atoms with E-state index in [2.05, 4.69) is 39.9 Å². The van der Waals surface area contributed by atoms with Crippen LogP contribution in [0.5, 0.6) is 0 Å². The lowest BCUT2D eigenvalue weighted by molar-refractivity contribution is -0.145. The van der Waals surface area contributed by atoms with Crippen LogP contribution in [0.3, 0.4) is 0 Å². The van der Waals surface area contributed by atoms with E-state index in [1.54, 1.807) is 0 Å². The van der Waals surface area contributed by atoms with Crippen LogP contribution in [0.25, 0.3) is 0 Å². The van der Waals surface area contributed by atoms with E-state index in [1.807, 2.05) is 37.3 Å². The molecule has 0 fully saturated rings. The molecule has 0 saturated heterocycles. The van der Waals surface area contributed by atoms with Gasteiger partial charge in [-0.15, -0.1) is 0 Å². The van der Waals surface area contributed by atoms with Gasteiger partial charge in [0.25, 0.3) is 0 Å². The van der Waals surface area contributed by atoms with Gasteiger partial charge in [-0.25, -0.2) is 0 Å². The molecule has 0 aliphatic carbocycles. The Labute approximate surface area is 141 Å². The lowest BCUT2D eigenvalue weighted by atomic mass is 9.78. The zero-order valence-corrected chi connectivity index (χ0v) is 15.6. The van der Waals surface area contributed by atoms with Gasteiger partial charge in [0.1, 0.15) is 6.61 Å². The van der Waals surface area contributed by atoms with Gasteiger partial charge in [-0.3, -0.25) is 4.79 Å². The summed E-state index contributed by atoms with van der Waals surface area (Å²) in [6.45, 7) is 13.6. The molecule has 1 atom stereocenters. The zero-order chi connectivity index (χ0) is 17.5. The van der Waals surface area contributed by atoms with E-state index in [0.29, 0.717) is 18.4 Å². The second kappa shape index (κ2) is 8.49. The van der Waals surface area contributed by atoms with Gasteiger partial charge in [0.05, 0.1) is 6.42 Å². The van der Waals surface area contributed by atoms with Crippen LogP contribution in [0.1, 0.15) is 66.4 Å². The maximum Gasteiger partial charge on any atom is 0.307 e. The van der Waals surface area contributed by atoms with Crippen molar-refractivity contribution in [3.05, 3.63) is 35.9 Å². The average Bonchev–Trinajstić information content (AvgIpc) is 2.44. The second-order valence-electron chi connectivity index (χ2n) is 7.97.